The summed E-state index contributed by atoms with van der Waals surface area (Å²) >= 11 is 0. The van der Waals surface area contributed by atoms with Gasteiger partial charge in [-0.25, -0.2) is 4.79 Å². The van der Waals surface area contributed by atoms with E-state index in [4.69, 9.17) is 28.0 Å². The van der Waals surface area contributed by atoms with Crippen LogP contribution in [0.15, 0.2) is 4.99 Å². The molecule has 0 aromatic carbocycles. The maximum absolute atomic E-state index is 12.1. The number of aliphatic carboxylic acids is 1. The monoisotopic (exact) mass is 446 g/mol. The summed E-state index contributed by atoms with van der Waals surface area (Å²) in [6.45, 7) is -1.21. The third-order valence-corrected chi connectivity index (χ3v) is 3.86. The first kappa shape index (κ1) is 27.5. The fourth-order valence-corrected chi connectivity index (χ4v) is 2.20. The molecule has 31 heavy (non-hydrogen) atoms. The van der Waals surface area contributed by atoms with Crippen molar-refractivity contribution in [3.63, 3.8) is 0 Å². The van der Waals surface area contributed by atoms with Crippen LogP contribution in [0.3, 0.4) is 0 Å². The van der Waals surface area contributed by atoms with Gasteiger partial charge in [-0.2, -0.15) is 0 Å². The van der Waals surface area contributed by atoms with Gasteiger partial charge in [-0.05, 0) is 19.3 Å². The van der Waals surface area contributed by atoms with Crippen molar-refractivity contribution in [2.45, 2.75) is 43.8 Å². The Morgan fingerprint density at radius 1 is 0.935 bits per heavy atom. The average molecular weight is 446 g/mol. The van der Waals surface area contributed by atoms with Crippen LogP contribution >= 0.6 is 0 Å². The summed E-state index contributed by atoms with van der Waals surface area (Å²) in [6.07, 6.45) is 0.144. The van der Waals surface area contributed by atoms with Crippen LogP contribution in [0.25, 0.3) is 0 Å². The lowest BCUT2D eigenvalue weighted by Crippen LogP contribution is -2.54. The smallest absolute Gasteiger partial charge is 0.326 e. The summed E-state index contributed by atoms with van der Waals surface area (Å²) in [5.74, 6) is -4.57. The number of aliphatic hydroxyl groups is 1. The molecular weight excluding hydrogens is 416 g/mol. The van der Waals surface area contributed by atoms with Crippen LogP contribution in [-0.2, 0) is 24.0 Å². The Balaban J connectivity index is 4.55. The number of hydrogen-bond donors (Lipinski definition) is 9. The second-order valence-electron chi connectivity index (χ2n) is 6.48. The zero-order valence-corrected chi connectivity index (χ0v) is 16.9. The highest BCUT2D eigenvalue weighted by Gasteiger charge is 2.24. The zero-order valence-electron chi connectivity index (χ0n) is 16.9. The van der Waals surface area contributed by atoms with E-state index >= 15 is 0 Å². The summed E-state index contributed by atoms with van der Waals surface area (Å²) in [7, 11) is 0. The lowest BCUT2D eigenvalue weighted by atomic mass is 10.1. The number of aliphatic imine (C=N–C) groups is 1. The molecule has 0 saturated heterocycles. The van der Waals surface area contributed by atoms with Crippen LogP contribution in [0.2, 0.25) is 0 Å². The number of carbonyl (C=O) groups is 5. The van der Waals surface area contributed by atoms with Crippen LogP contribution in [0, 0.1) is 0 Å². The van der Waals surface area contributed by atoms with Gasteiger partial charge in [-0.3, -0.25) is 24.2 Å². The van der Waals surface area contributed by atoms with Crippen LogP contribution in [0.4, 0.5) is 0 Å². The van der Waals surface area contributed by atoms with Crippen LogP contribution in [0.1, 0.15) is 25.7 Å². The second-order valence-corrected chi connectivity index (χ2v) is 6.48. The van der Waals surface area contributed by atoms with Gasteiger partial charge in [0.05, 0.1) is 19.2 Å². The molecule has 0 heterocycles. The fraction of sp³-hybridized carbons (Fsp3) is 0.625. The third-order valence-electron chi connectivity index (χ3n) is 3.86. The van der Waals surface area contributed by atoms with Crippen molar-refractivity contribution in [3.8, 4) is 0 Å². The van der Waals surface area contributed by atoms with Gasteiger partial charge in [0.2, 0.25) is 23.6 Å². The first-order chi connectivity index (χ1) is 14.5. The lowest BCUT2D eigenvalue weighted by Gasteiger charge is -2.19. The predicted molar refractivity (Wildman–Crippen MR) is 108 cm³/mol. The molecule has 0 aliphatic heterocycles. The molecule has 0 rings (SSSR count). The Bertz CT molecular complexity index is 681. The van der Waals surface area contributed by atoms with Gasteiger partial charge in [0.25, 0.3) is 0 Å². The summed E-state index contributed by atoms with van der Waals surface area (Å²) in [6, 6.07) is -3.77. The minimum atomic E-state index is -1.41. The van der Waals surface area contributed by atoms with Crippen molar-refractivity contribution in [2.75, 3.05) is 19.7 Å². The minimum absolute atomic E-state index is 0.0459. The first-order valence-corrected chi connectivity index (χ1v) is 9.28. The fourth-order valence-electron chi connectivity index (χ4n) is 2.20. The highest BCUT2D eigenvalue weighted by molar-refractivity contribution is 5.92. The van der Waals surface area contributed by atoms with E-state index in [-0.39, 0.29) is 38.2 Å². The molecule has 15 nitrogen and oxygen atoms in total. The van der Waals surface area contributed by atoms with E-state index in [1.54, 1.807) is 0 Å². The standard InChI is InChI=1S/C16H30N8O7/c17-8(3-4-11(18)26)13(28)24-10(7-25)14(29)22-6-12(27)23-9(15(30)31)2-1-5-21-16(19)20/h8-10,25H,1-7,17H2,(H2,18,26)(H,22,29)(H,23,27)(H,24,28)(H,30,31)(H4,19,20,21). The summed E-state index contributed by atoms with van der Waals surface area (Å²) < 4.78 is 0. The number of nitrogens with zero attached hydrogens (tertiary/aromatic N) is 1. The molecule has 3 atom stereocenters. The SMILES string of the molecule is NC(=O)CCC(N)C(=O)NC(CO)C(=O)NCC(=O)NC(CCCN=C(N)N)C(=O)O. The van der Waals surface area contributed by atoms with Gasteiger partial charge < -0.3 is 49.1 Å². The van der Waals surface area contributed by atoms with E-state index in [0.29, 0.717) is 0 Å². The molecule has 3 unspecified atom stereocenters. The maximum atomic E-state index is 12.1. The van der Waals surface area contributed by atoms with E-state index < -0.39 is 60.9 Å². The van der Waals surface area contributed by atoms with Crippen molar-refractivity contribution >= 4 is 35.6 Å². The quantitative estimate of drug-likeness (QED) is 0.0654. The number of nitrogens with two attached hydrogens (primary N) is 4. The van der Waals surface area contributed by atoms with Crippen molar-refractivity contribution in [1.82, 2.24) is 16.0 Å². The molecular formula is C16H30N8O7. The average Bonchev–Trinajstić information content (AvgIpc) is 2.69. The van der Waals surface area contributed by atoms with Gasteiger partial charge in [-0.1, -0.05) is 0 Å². The molecule has 0 bridgehead atoms. The predicted octanol–water partition coefficient (Wildman–Crippen LogP) is -5.20. The number of primary amides is 1. The molecule has 0 aliphatic carbocycles. The zero-order chi connectivity index (χ0) is 24.0. The normalized spacial score (nSPS) is 13.2. The Morgan fingerprint density at radius 2 is 1.58 bits per heavy atom. The molecule has 15 heteroatoms. The van der Waals surface area contributed by atoms with Gasteiger partial charge >= 0.3 is 5.97 Å². The Kier molecular flexibility index (Phi) is 12.9. The number of carboxylic acids is 1. The van der Waals surface area contributed by atoms with E-state index in [0.717, 1.165) is 0 Å². The summed E-state index contributed by atoms with van der Waals surface area (Å²) in [5, 5.41) is 25.0. The number of guanidine groups is 1. The number of rotatable bonds is 15. The summed E-state index contributed by atoms with van der Waals surface area (Å²) in [5.41, 5.74) is 20.8. The van der Waals surface area contributed by atoms with E-state index in [2.05, 4.69) is 20.9 Å². The molecule has 0 aliphatic rings. The number of hydrogen-bond acceptors (Lipinski definition) is 8. The van der Waals surface area contributed by atoms with Gasteiger partial charge in [0.1, 0.15) is 12.1 Å². The Morgan fingerprint density at radius 3 is 2.10 bits per heavy atom. The molecule has 0 aromatic rings. The van der Waals surface area contributed by atoms with Crippen LogP contribution in [0.5, 0.6) is 0 Å². The number of carbonyl (C=O) groups excluding carboxylic acids is 4. The van der Waals surface area contributed by atoms with E-state index in [1.165, 1.54) is 0 Å². The molecule has 0 saturated carbocycles. The van der Waals surface area contributed by atoms with Gasteiger partial charge in [0.15, 0.2) is 5.96 Å². The molecule has 0 spiro atoms. The number of carboxylic acid groups (broad SMARTS) is 1. The van der Waals surface area contributed by atoms with Crippen molar-refractivity contribution < 1.29 is 34.2 Å². The second kappa shape index (κ2) is 14.5. The summed E-state index contributed by atoms with van der Waals surface area (Å²) in [4.78, 5) is 61.5. The largest absolute Gasteiger partial charge is 0.480 e. The van der Waals surface area contributed by atoms with Crippen molar-refractivity contribution in [2.24, 2.45) is 27.9 Å². The number of nitrogens with one attached hydrogen (secondary N) is 3. The topological polar surface area (TPSA) is 278 Å². The number of amides is 4. The lowest BCUT2D eigenvalue weighted by molar-refractivity contribution is -0.142. The van der Waals surface area contributed by atoms with Crippen LogP contribution in [-0.4, -0.2) is 83.6 Å². The van der Waals surface area contributed by atoms with Gasteiger partial charge in [-0.15, -0.1) is 0 Å². The molecule has 0 aromatic heterocycles. The molecule has 13 N–H and O–H groups in total. The maximum Gasteiger partial charge on any atom is 0.326 e. The minimum Gasteiger partial charge on any atom is -0.480 e. The Labute approximate surface area is 178 Å². The van der Waals surface area contributed by atoms with Crippen molar-refractivity contribution in [3.05, 3.63) is 0 Å². The Hall–Kier alpha value is -3.46. The van der Waals surface area contributed by atoms with E-state index in [1.807, 2.05) is 0 Å². The first-order valence-electron chi connectivity index (χ1n) is 9.28. The highest BCUT2D eigenvalue weighted by Crippen LogP contribution is 1.99. The van der Waals surface area contributed by atoms with Crippen LogP contribution < -0.4 is 38.9 Å². The third kappa shape index (κ3) is 12.7. The van der Waals surface area contributed by atoms with Crippen molar-refractivity contribution in [1.29, 1.82) is 0 Å². The molecule has 176 valence electrons. The van der Waals surface area contributed by atoms with Gasteiger partial charge in [0, 0.05) is 13.0 Å². The molecule has 4 amide bonds. The highest BCUT2D eigenvalue weighted by atomic mass is 16.4. The van der Waals surface area contributed by atoms with E-state index in [9.17, 15) is 29.1 Å². The molecule has 0 fully saturated rings. The number of aliphatic hydroxyl groups excluding tert-OH is 1. The molecule has 0 radical (unpaired) electrons.